The molecule has 0 saturated carbocycles. The Morgan fingerprint density at radius 2 is 1.72 bits per heavy atom. The first kappa shape index (κ1) is 12.1. The predicted octanol–water partition coefficient (Wildman–Crippen LogP) is 4.56. The molecule has 0 aromatic heterocycles. The number of hydrogen-bond acceptors (Lipinski definition) is 1. The van der Waals surface area contributed by atoms with E-state index in [1.165, 1.54) is 22.3 Å². The van der Waals surface area contributed by atoms with E-state index in [1.807, 2.05) is 12.1 Å². The summed E-state index contributed by atoms with van der Waals surface area (Å²) in [6.45, 7) is 0. The molecule has 1 nitrogen and oxygen atoms in total. The average Bonchev–Trinajstić information content (AvgIpc) is 2.75. The lowest BCUT2D eigenvalue weighted by molar-refractivity contribution is 0.101. The summed E-state index contributed by atoms with van der Waals surface area (Å²) in [5.74, 6) is 0.0637. The molecular weight excluding hydrogens is 356 g/mol. The largest absolute Gasteiger partial charge is 0.292 e. The predicted molar refractivity (Wildman–Crippen MR) is 80.7 cm³/mol. The van der Waals surface area contributed by atoms with Gasteiger partial charge in [-0.15, -0.1) is 0 Å². The van der Waals surface area contributed by atoms with Gasteiger partial charge in [0.2, 0.25) is 0 Å². The molecular formula is C15H10Br2O. The number of hydrogen-bond donors (Lipinski definition) is 0. The van der Waals surface area contributed by atoms with E-state index in [0.29, 0.717) is 0 Å². The quantitative estimate of drug-likeness (QED) is 0.480. The van der Waals surface area contributed by atoms with Crippen LogP contribution in [0.3, 0.4) is 0 Å². The Balaban J connectivity index is 2.06. The van der Waals surface area contributed by atoms with Crippen molar-refractivity contribution >= 4 is 37.6 Å². The van der Waals surface area contributed by atoms with E-state index in [1.54, 1.807) is 0 Å². The molecule has 0 heterocycles. The lowest BCUT2D eigenvalue weighted by Crippen LogP contribution is -2.07. The minimum atomic E-state index is -0.313. The Labute approximate surface area is 122 Å². The standard InChI is InChI=1S/C15H10Br2O/c16-15(17)14(18)10-5-6-13-11(8-10)7-9-3-1-2-4-12(9)13/h1-6,8,15H,7H2. The Morgan fingerprint density at radius 3 is 2.50 bits per heavy atom. The SMILES string of the molecule is O=C(c1ccc2c(c1)Cc1ccccc1-2)C(Br)Br. The summed E-state index contributed by atoms with van der Waals surface area (Å²) >= 11 is 6.51. The number of carbonyl (C=O) groups is 1. The normalized spacial score (nSPS) is 12.4. The monoisotopic (exact) mass is 364 g/mol. The number of alkyl halides is 2. The molecule has 0 spiro atoms. The van der Waals surface area contributed by atoms with Gasteiger partial charge in [0.25, 0.3) is 0 Å². The fraction of sp³-hybridized carbons (Fsp3) is 0.133. The highest BCUT2D eigenvalue weighted by atomic mass is 79.9. The molecule has 2 aromatic rings. The number of halogens is 2. The fourth-order valence-electron chi connectivity index (χ4n) is 2.42. The van der Waals surface area contributed by atoms with Crippen molar-refractivity contribution in [2.24, 2.45) is 0 Å². The summed E-state index contributed by atoms with van der Waals surface area (Å²) in [5.41, 5.74) is 5.87. The van der Waals surface area contributed by atoms with Gasteiger partial charge < -0.3 is 0 Å². The maximum absolute atomic E-state index is 11.9. The first-order chi connectivity index (χ1) is 8.66. The second-order valence-corrected chi connectivity index (χ2v) is 7.43. The van der Waals surface area contributed by atoms with Crippen LogP contribution < -0.4 is 0 Å². The molecule has 0 radical (unpaired) electrons. The average molecular weight is 366 g/mol. The highest BCUT2D eigenvalue weighted by molar-refractivity contribution is 9.25. The van der Waals surface area contributed by atoms with Crippen molar-refractivity contribution in [3.05, 3.63) is 59.2 Å². The summed E-state index contributed by atoms with van der Waals surface area (Å²) in [5, 5.41) is 0. The highest BCUT2D eigenvalue weighted by Gasteiger charge is 2.20. The van der Waals surface area contributed by atoms with E-state index in [2.05, 4.69) is 62.2 Å². The van der Waals surface area contributed by atoms with Crippen LogP contribution in [0.25, 0.3) is 11.1 Å². The van der Waals surface area contributed by atoms with E-state index in [-0.39, 0.29) is 9.52 Å². The maximum Gasteiger partial charge on any atom is 0.187 e. The minimum Gasteiger partial charge on any atom is -0.292 e. The van der Waals surface area contributed by atoms with E-state index in [0.717, 1.165) is 12.0 Å². The highest BCUT2D eigenvalue weighted by Crippen LogP contribution is 2.37. The molecule has 2 aromatic carbocycles. The summed E-state index contributed by atoms with van der Waals surface area (Å²) < 4.78 is -0.313. The topological polar surface area (TPSA) is 17.1 Å². The molecule has 0 bridgehead atoms. The van der Waals surface area contributed by atoms with Gasteiger partial charge in [-0.2, -0.15) is 0 Å². The van der Waals surface area contributed by atoms with Crippen LogP contribution in [0.4, 0.5) is 0 Å². The number of rotatable bonds is 2. The molecule has 90 valence electrons. The van der Waals surface area contributed by atoms with Gasteiger partial charge in [-0.1, -0.05) is 68.3 Å². The third kappa shape index (κ3) is 1.95. The summed E-state index contributed by atoms with van der Waals surface area (Å²) in [4.78, 5) is 11.9. The van der Waals surface area contributed by atoms with Crippen LogP contribution in [-0.4, -0.2) is 9.52 Å². The lowest BCUT2D eigenvalue weighted by atomic mass is 10.0. The third-order valence-corrected chi connectivity index (χ3v) is 4.11. The molecule has 0 atom stereocenters. The van der Waals surface area contributed by atoms with Crippen LogP contribution in [0.5, 0.6) is 0 Å². The number of Topliss-reactive ketones (excluding diaryl/α,β-unsaturated/α-hetero) is 1. The molecule has 0 fully saturated rings. The fourth-order valence-corrected chi connectivity index (χ4v) is 2.95. The van der Waals surface area contributed by atoms with E-state index in [9.17, 15) is 4.79 Å². The van der Waals surface area contributed by atoms with Crippen molar-refractivity contribution in [2.45, 2.75) is 10.2 Å². The molecule has 1 aliphatic rings. The van der Waals surface area contributed by atoms with Gasteiger partial charge in [-0.05, 0) is 34.7 Å². The van der Waals surface area contributed by atoms with Gasteiger partial charge in [0.15, 0.2) is 5.78 Å². The number of ketones is 1. The van der Waals surface area contributed by atoms with Crippen LogP contribution in [-0.2, 0) is 6.42 Å². The van der Waals surface area contributed by atoms with Crippen LogP contribution in [0.1, 0.15) is 21.5 Å². The molecule has 3 rings (SSSR count). The molecule has 0 N–H and O–H groups in total. The lowest BCUT2D eigenvalue weighted by Gasteiger charge is -2.05. The maximum atomic E-state index is 11.9. The zero-order chi connectivity index (χ0) is 12.7. The van der Waals surface area contributed by atoms with Gasteiger partial charge in [0.05, 0.1) is 0 Å². The first-order valence-corrected chi connectivity index (χ1v) is 7.53. The van der Waals surface area contributed by atoms with Crippen molar-refractivity contribution in [3.63, 3.8) is 0 Å². The molecule has 0 amide bonds. The number of carbonyl (C=O) groups excluding carboxylic acids is 1. The molecule has 0 unspecified atom stereocenters. The third-order valence-electron chi connectivity index (χ3n) is 3.28. The number of fused-ring (bicyclic) bond motifs is 3. The summed E-state index contributed by atoms with van der Waals surface area (Å²) in [6, 6.07) is 14.4. The zero-order valence-corrected chi connectivity index (χ0v) is 12.7. The molecule has 18 heavy (non-hydrogen) atoms. The Hall–Kier alpha value is -0.930. The van der Waals surface area contributed by atoms with Gasteiger partial charge in [0, 0.05) is 5.56 Å². The van der Waals surface area contributed by atoms with Crippen molar-refractivity contribution < 1.29 is 4.79 Å². The second-order valence-electron chi connectivity index (χ2n) is 4.37. The molecule has 0 aliphatic heterocycles. The smallest absolute Gasteiger partial charge is 0.187 e. The molecule has 3 heteroatoms. The second kappa shape index (κ2) is 4.63. The van der Waals surface area contributed by atoms with Gasteiger partial charge in [-0.25, -0.2) is 0 Å². The van der Waals surface area contributed by atoms with Crippen molar-refractivity contribution in [3.8, 4) is 11.1 Å². The number of benzene rings is 2. The van der Waals surface area contributed by atoms with Crippen LogP contribution in [0.2, 0.25) is 0 Å². The van der Waals surface area contributed by atoms with E-state index >= 15 is 0 Å². The van der Waals surface area contributed by atoms with Gasteiger partial charge >= 0.3 is 0 Å². The van der Waals surface area contributed by atoms with Gasteiger partial charge in [0.1, 0.15) is 3.74 Å². The van der Waals surface area contributed by atoms with Crippen LogP contribution in [0, 0.1) is 0 Å². The van der Waals surface area contributed by atoms with E-state index in [4.69, 9.17) is 0 Å². The summed E-state index contributed by atoms with van der Waals surface area (Å²) in [6.07, 6.45) is 0.919. The Bertz CT molecular complexity index is 632. The van der Waals surface area contributed by atoms with Crippen molar-refractivity contribution in [1.29, 1.82) is 0 Å². The van der Waals surface area contributed by atoms with E-state index < -0.39 is 0 Å². The molecule has 1 aliphatic carbocycles. The molecule has 0 saturated heterocycles. The Morgan fingerprint density at radius 1 is 1.00 bits per heavy atom. The Kier molecular flexibility index (Phi) is 3.12. The zero-order valence-electron chi connectivity index (χ0n) is 9.49. The van der Waals surface area contributed by atoms with Crippen LogP contribution in [0.15, 0.2) is 42.5 Å². The van der Waals surface area contributed by atoms with Crippen LogP contribution >= 0.6 is 31.9 Å². The first-order valence-electron chi connectivity index (χ1n) is 5.70. The van der Waals surface area contributed by atoms with Crippen molar-refractivity contribution in [2.75, 3.05) is 0 Å². The minimum absolute atomic E-state index is 0.0637. The van der Waals surface area contributed by atoms with Gasteiger partial charge in [-0.3, -0.25) is 4.79 Å². The summed E-state index contributed by atoms with van der Waals surface area (Å²) in [7, 11) is 0. The van der Waals surface area contributed by atoms with Crippen molar-refractivity contribution in [1.82, 2.24) is 0 Å².